The van der Waals surface area contributed by atoms with Gasteiger partial charge in [-0.1, -0.05) is 30.3 Å². The molecule has 2 aliphatic rings. The van der Waals surface area contributed by atoms with E-state index in [-0.39, 0.29) is 12.5 Å². The maximum atomic E-state index is 15.2. The summed E-state index contributed by atoms with van der Waals surface area (Å²) >= 11 is 0. The van der Waals surface area contributed by atoms with E-state index in [9.17, 15) is 4.79 Å². The molecule has 2 aliphatic heterocycles. The molecule has 0 aliphatic carbocycles. The number of hydrogen-bond donors (Lipinski definition) is 0. The van der Waals surface area contributed by atoms with Gasteiger partial charge in [0.25, 0.3) is 5.91 Å². The van der Waals surface area contributed by atoms with Gasteiger partial charge in [0.2, 0.25) is 5.67 Å². The first-order valence-electron chi connectivity index (χ1n) is 8.00. The average Bonchev–Trinajstić information content (AvgIpc) is 2.56. The highest BCUT2D eigenvalue weighted by Gasteiger charge is 2.45. The van der Waals surface area contributed by atoms with E-state index in [1.165, 1.54) is 0 Å². The number of nitrogens with zero attached hydrogens (tertiary/aromatic N) is 2. The number of rotatable bonds is 3. The molecule has 0 spiro atoms. The smallest absolute Gasteiger partial charge is 0.261 e. The molecule has 120 valence electrons. The number of piperidine rings is 1. The Morgan fingerprint density at radius 3 is 2.64 bits per heavy atom. The molecule has 1 atom stereocenters. The van der Waals surface area contributed by atoms with E-state index >= 15 is 4.39 Å². The number of benzene rings is 1. The highest BCUT2D eigenvalue weighted by molar-refractivity contribution is 5.85. The van der Waals surface area contributed by atoms with Crippen LogP contribution in [0.3, 0.4) is 0 Å². The second kappa shape index (κ2) is 6.75. The predicted octanol–water partition coefficient (Wildman–Crippen LogP) is 1.85. The van der Waals surface area contributed by atoms with Crippen LogP contribution in [-0.4, -0.2) is 60.8 Å². The summed E-state index contributed by atoms with van der Waals surface area (Å²) < 4.78 is 20.5. The van der Waals surface area contributed by atoms with Crippen molar-refractivity contribution < 1.29 is 13.9 Å². The second-order valence-electron chi connectivity index (χ2n) is 6.17. The number of morpholine rings is 1. The summed E-state index contributed by atoms with van der Waals surface area (Å²) in [6.07, 6.45) is 1.05. The molecule has 1 amide bonds. The lowest BCUT2D eigenvalue weighted by atomic mass is 9.92. The molecule has 0 N–H and O–H groups in total. The summed E-state index contributed by atoms with van der Waals surface area (Å²) in [6, 6.07) is 10.0. The van der Waals surface area contributed by atoms with Gasteiger partial charge in [-0.2, -0.15) is 0 Å². The van der Waals surface area contributed by atoms with Gasteiger partial charge in [0.05, 0.1) is 13.2 Å². The van der Waals surface area contributed by atoms with Crippen LogP contribution in [0.1, 0.15) is 18.4 Å². The third-order valence-corrected chi connectivity index (χ3v) is 4.45. The first kappa shape index (κ1) is 15.4. The highest BCUT2D eigenvalue weighted by atomic mass is 19.1. The zero-order chi connectivity index (χ0) is 15.4. The third kappa shape index (κ3) is 3.47. The van der Waals surface area contributed by atoms with Crippen molar-refractivity contribution >= 4 is 5.91 Å². The lowest BCUT2D eigenvalue weighted by molar-refractivity contribution is -0.152. The van der Waals surface area contributed by atoms with E-state index in [4.69, 9.17) is 4.74 Å². The Morgan fingerprint density at radius 2 is 1.91 bits per heavy atom. The van der Waals surface area contributed by atoms with Gasteiger partial charge in [-0.3, -0.25) is 9.69 Å². The molecule has 2 saturated heterocycles. The molecule has 22 heavy (non-hydrogen) atoms. The van der Waals surface area contributed by atoms with Gasteiger partial charge in [0.15, 0.2) is 0 Å². The van der Waals surface area contributed by atoms with Crippen molar-refractivity contribution in [2.75, 3.05) is 39.4 Å². The van der Waals surface area contributed by atoms with E-state index in [0.29, 0.717) is 39.3 Å². The SMILES string of the molecule is O=C(N1CCOCC1)C1(F)CCCN(Cc2ccccc2)C1. The Bertz CT molecular complexity index is 505. The molecule has 0 aromatic heterocycles. The summed E-state index contributed by atoms with van der Waals surface area (Å²) in [5.74, 6) is -0.353. The average molecular weight is 306 g/mol. The van der Waals surface area contributed by atoms with Crippen molar-refractivity contribution in [3.05, 3.63) is 35.9 Å². The molecule has 3 rings (SSSR count). The minimum absolute atomic E-state index is 0.193. The normalized spacial score (nSPS) is 26.9. The number of hydrogen-bond acceptors (Lipinski definition) is 3. The van der Waals surface area contributed by atoms with Crippen molar-refractivity contribution in [1.29, 1.82) is 0 Å². The van der Waals surface area contributed by atoms with Crippen LogP contribution in [0.4, 0.5) is 4.39 Å². The summed E-state index contributed by atoms with van der Waals surface area (Å²) in [7, 11) is 0. The predicted molar refractivity (Wildman–Crippen MR) is 82.2 cm³/mol. The van der Waals surface area contributed by atoms with Gasteiger partial charge < -0.3 is 9.64 Å². The topological polar surface area (TPSA) is 32.8 Å². The number of carbonyl (C=O) groups excluding carboxylic acids is 1. The summed E-state index contributed by atoms with van der Waals surface area (Å²) in [5, 5.41) is 0. The molecule has 0 saturated carbocycles. The monoisotopic (exact) mass is 306 g/mol. The minimum Gasteiger partial charge on any atom is -0.378 e. The van der Waals surface area contributed by atoms with Gasteiger partial charge in [-0.15, -0.1) is 0 Å². The molecule has 5 heteroatoms. The van der Waals surface area contributed by atoms with E-state index in [1.807, 2.05) is 30.3 Å². The standard InChI is InChI=1S/C17H23FN2O2/c18-17(16(21)20-9-11-22-12-10-20)7-4-8-19(14-17)13-15-5-2-1-3-6-15/h1-3,5-6H,4,7-14H2. The molecule has 2 fully saturated rings. The van der Waals surface area contributed by atoms with Gasteiger partial charge in [-0.05, 0) is 24.9 Å². The Balaban J connectivity index is 1.64. The van der Waals surface area contributed by atoms with Crippen LogP contribution in [0.25, 0.3) is 0 Å². The van der Waals surface area contributed by atoms with Crippen LogP contribution in [0.5, 0.6) is 0 Å². The number of halogens is 1. The van der Waals surface area contributed by atoms with Crippen LogP contribution < -0.4 is 0 Å². The quantitative estimate of drug-likeness (QED) is 0.854. The van der Waals surface area contributed by atoms with Gasteiger partial charge in [0, 0.05) is 26.2 Å². The van der Waals surface area contributed by atoms with Crippen molar-refractivity contribution in [3.63, 3.8) is 0 Å². The van der Waals surface area contributed by atoms with Gasteiger partial charge >= 0.3 is 0 Å². The molecule has 2 heterocycles. The highest BCUT2D eigenvalue weighted by Crippen LogP contribution is 2.29. The third-order valence-electron chi connectivity index (χ3n) is 4.45. The van der Waals surface area contributed by atoms with E-state index in [1.54, 1.807) is 4.90 Å². The fraction of sp³-hybridized carbons (Fsp3) is 0.588. The number of alkyl halides is 1. The molecule has 4 nitrogen and oxygen atoms in total. The van der Waals surface area contributed by atoms with Gasteiger partial charge in [0.1, 0.15) is 0 Å². The number of ether oxygens (including phenoxy) is 1. The minimum atomic E-state index is -1.75. The summed E-state index contributed by atoms with van der Waals surface area (Å²) in [4.78, 5) is 16.2. The maximum absolute atomic E-state index is 15.2. The summed E-state index contributed by atoms with van der Waals surface area (Å²) in [5.41, 5.74) is -0.588. The Hall–Kier alpha value is -1.46. The fourth-order valence-electron chi connectivity index (χ4n) is 3.30. The van der Waals surface area contributed by atoms with Crippen molar-refractivity contribution in [1.82, 2.24) is 9.80 Å². The van der Waals surface area contributed by atoms with Crippen molar-refractivity contribution in [2.45, 2.75) is 25.1 Å². The first-order valence-corrected chi connectivity index (χ1v) is 8.00. The molecule has 1 aromatic rings. The van der Waals surface area contributed by atoms with Crippen LogP contribution >= 0.6 is 0 Å². The largest absolute Gasteiger partial charge is 0.378 e. The maximum Gasteiger partial charge on any atom is 0.261 e. The van der Waals surface area contributed by atoms with E-state index < -0.39 is 5.67 Å². The lowest BCUT2D eigenvalue weighted by Crippen LogP contribution is -2.57. The zero-order valence-corrected chi connectivity index (χ0v) is 12.8. The Kier molecular flexibility index (Phi) is 4.74. The van der Waals surface area contributed by atoms with Crippen molar-refractivity contribution in [2.24, 2.45) is 0 Å². The molecule has 1 aromatic carbocycles. The van der Waals surface area contributed by atoms with Crippen LogP contribution in [-0.2, 0) is 16.1 Å². The molecular formula is C17H23FN2O2. The first-order chi connectivity index (χ1) is 10.7. The second-order valence-corrected chi connectivity index (χ2v) is 6.17. The summed E-state index contributed by atoms with van der Waals surface area (Å²) in [6.45, 7) is 3.76. The molecule has 1 unspecified atom stereocenters. The molecule has 0 bridgehead atoms. The lowest BCUT2D eigenvalue weighted by Gasteiger charge is -2.40. The van der Waals surface area contributed by atoms with Crippen LogP contribution in [0, 0.1) is 0 Å². The van der Waals surface area contributed by atoms with Gasteiger partial charge in [-0.25, -0.2) is 4.39 Å². The van der Waals surface area contributed by atoms with E-state index in [0.717, 1.165) is 18.5 Å². The zero-order valence-electron chi connectivity index (χ0n) is 12.8. The number of likely N-dealkylation sites (tertiary alicyclic amines) is 1. The fourth-order valence-corrected chi connectivity index (χ4v) is 3.30. The Labute approximate surface area is 130 Å². The molecule has 0 radical (unpaired) electrons. The number of amides is 1. The van der Waals surface area contributed by atoms with Crippen molar-refractivity contribution in [3.8, 4) is 0 Å². The Morgan fingerprint density at radius 1 is 1.18 bits per heavy atom. The van der Waals surface area contributed by atoms with E-state index in [2.05, 4.69) is 4.90 Å². The van der Waals surface area contributed by atoms with Crippen LogP contribution in [0.15, 0.2) is 30.3 Å². The molecular weight excluding hydrogens is 283 g/mol. The van der Waals surface area contributed by atoms with Crippen LogP contribution in [0.2, 0.25) is 0 Å². The number of carbonyl (C=O) groups is 1.